The van der Waals surface area contributed by atoms with Crippen LogP contribution in [0.1, 0.15) is 5.56 Å². The Balaban J connectivity index is 2.06. The average molecular weight is 278 g/mol. The topological polar surface area (TPSA) is 18.5 Å². The summed E-state index contributed by atoms with van der Waals surface area (Å²) in [6, 6.07) is 10.9. The molecule has 0 aromatic heterocycles. The second-order valence-electron chi connectivity index (χ2n) is 5.96. The number of hydrogen-bond donors (Lipinski definition) is 0. The zero-order valence-electron chi connectivity index (χ0n) is 12.3. The molecular weight excluding hydrogens is 260 g/mol. The van der Waals surface area contributed by atoms with Crippen LogP contribution in [-0.2, 0) is 9.47 Å². The van der Waals surface area contributed by atoms with Gasteiger partial charge in [-0.25, -0.2) is 0 Å². The van der Waals surface area contributed by atoms with Crippen LogP contribution in [0.5, 0.6) is 0 Å². The smallest absolute Gasteiger partial charge is 0.0611 e. The van der Waals surface area contributed by atoms with Crippen LogP contribution in [-0.4, -0.2) is 27.4 Å². The van der Waals surface area contributed by atoms with Gasteiger partial charge < -0.3 is 9.47 Å². The zero-order valence-corrected chi connectivity index (χ0v) is 12.3. The molecule has 2 aliphatic carbocycles. The summed E-state index contributed by atoms with van der Waals surface area (Å²) in [4.78, 5) is 0. The molecule has 0 bridgehead atoms. The van der Waals surface area contributed by atoms with Gasteiger partial charge in [-0.1, -0.05) is 42.5 Å². The Labute approximate surface area is 124 Å². The van der Waals surface area contributed by atoms with Crippen molar-refractivity contribution in [2.24, 2.45) is 5.41 Å². The molecule has 0 spiro atoms. The molecule has 2 aromatic carbocycles. The third-order valence-corrected chi connectivity index (χ3v) is 4.42. The highest BCUT2D eigenvalue weighted by Gasteiger charge is 2.31. The molecule has 2 aliphatic rings. The minimum absolute atomic E-state index is 0.182. The van der Waals surface area contributed by atoms with Crippen molar-refractivity contribution in [1.29, 1.82) is 0 Å². The van der Waals surface area contributed by atoms with Crippen LogP contribution in [0.3, 0.4) is 0 Å². The van der Waals surface area contributed by atoms with Crippen molar-refractivity contribution in [2.45, 2.75) is 0 Å². The van der Waals surface area contributed by atoms with E-state index in [-0.39, 0.29) is 5.41 Å². The lowest BCUT2D eigenvalue weighted by molar-refractivity contribution is 0.0757. The fourth-order valence-corrected chi connectivity index (χ4v) is 3.74. The van der Waals surface area contributed by atoms with E-state index in [1.807, 2.05) is 0 Å². The van der Waals surface area contributed by atoms with Crippen LogP contribution in [0, 0.1) is 5.41 Å². The average Bonchev–Trinajstić information content (AvgIpc) is 2.84. The largest absolute Gasteiger partial charge is 0.383 e. The minimum Gasteiger partial charge on any atom is -0.383 e. The molecule has 0 radical (unpaired) electrons. The molecule has 0 unspecified atom stereocenters. The van der Waals surface area contributed by atoms with E-state index in [9.17, 15) is 0 Å². The Hall–Kier alpha value is -1.90. The molecule has 0 amide bonds. The van der Waals surface area contributed by atoms with E-state index >= 15 is 0 Å². The fourth-order valence-electron chi connectivity index (χ4n) is 3.74. The van der Waals surface area contributed by atoms with Gasteiger partial charge in [0, 0.05) is 14.2 Å². The SMILES string of the molecule is COCC1(COC)C=C2C=c3cccc4ccc(c2c34)=C1. The first-order chi connectivity index (χ1) is 10.3. The first kappa shape index (κ1) is 12.8. The Kier molecular flexibility index (Phi) is 2.78. The van der Waals surface area contributed by atoms with Crippen molar-refractivity contribution in [3.05, 3.63) is 52.4 Å². The lowest BCUT2D eigenvalue weighted by Gasteiger charge is -2.29. The molecule has 0 saturated heterocycles. The van der Waals surface area contributed by atoms with Crippen molar-refractivity contribution >= 4 is 28.5 Å². The normalized spacial score (nSPS) is 17.3. The second kappa shape index (κ2) is 4.55. The Bertz CT molecular complexity index is 868. The van der Waals surface area contributed by atoms with Crippen molar-refractivity contribution in [1.82, 2.24) is 0 Å². The fraction of sp³-hybridized carbons (Fsp3) is 0.263. The first-order valence-electron chi connectivity index (χ1n) is 7.24. The van der Waals surface area contributed by atoms with Gasteiger partial charge in [0.15, 0.2) is 0 Å². The predicted molar refractivity (Wildman–Crippen MR) is 86.3 cm³/mol. The van der Waals surface area contributed by atoms with Crippen molar-refractivity contribution in [2.75, 3.05) is 27.4 Å². The van der Waals surface area contributed by atoms with Crippen molar-refractivity contribution < 1.29 is 9.47 Å². The molecule has 2 nitrogen and oxygen atoms in total. The Morgan fingerprint density at radius 3 is 2.48 bits per heavy atom. The van der Waals surface area contributed by atoms with E-state index in [0.717, 1.165) is 0 Å². The number of rotatable bonds is 4. The summed E-state index contributed by atoms with van der Waals surface area (Å²) in [5.41, 5.74) is 2.48. The number of ether oxygens (including phenoxy) is 2. The van der Waals surface area contributed by atoms with Crippen LogP contribution in [0.4, 0.5) is 0 Å². The predicted octanol–water partition coefficient (Wildman–Crippen LogP) is 2.09. The molecule has 0 atom stereocenters. The van der Waals surface area contributed by atoms with Gasteiger partial charge in [-0.05, 0) is 38.4 Å². The highest BCUT2D eigenvalue weighted by Crippen LogP contribution is 2.35. The van der Waals surface area contributed by atoms with Crippen molar-refractivity contribution in [3.63, 3.8) is 0 Å². The maximum atomic E-state index is 5.45. The molecule has 0 saturated carbocycles. The summed E-state index contributed by atoms with van der Waals surface area (Å²) >= 11 is 0. The summed E-state index contributed by atoms with van der Waals surface area (Å²) in [5.74, 6) is 0. The number of methoxy groups -OCH3 is 2. The lowest BCUT2D eigenvalue weighted by atomic mass is 9.80. The summed E-state index contributed by atoms with van der Waals surface area (Å²) in [7, 11) is 3.49. The molecule has 0 N–H and O–H groups in total. The lowest BCUT2D eigenvalue weighted by Crippen LogP contribution is -2.32. The molecule has 2 aromatic rings. The monoisotopic (exact) mass is 278 g/mol. The van der Waals surface area contributed by atoms with Gasteiger partial charge in [-0.3, -0.25) is 0 Å². The minimum atomic E-state index is -0.182. The summed E-state index contributed by atoms with van der Waals surface area (Å²) in [6.07, 6.45) is 6.89. The molecule has 2 heteroatoms. The third-order valence-electron chi connectivity index (χ3n) is 4.42. The van der Waals surface area contributed by atoms with Gasteiger partial charge >= 0.3 is 0 Å². The number of allylic oxidation sites excluding steroid dienone is 1. The Morgan fingerprint density at radius 2 is 1.71 bits per heavy atom. The van der Waals surface area contributed by atoms with Gasteiger partial charge in [0.25, 0.3) is 0 Å². The standard InChI is InChI=1S/C19H18O2/c1-20-11-19(12-21-2)9-15-7-6-13-4-3-5-14-8-16(10-19)18(15)17(13)14/h3-10H,11-12H2,1-2H3. The maximum Gasteiger partial charge on any atom is 0.0611 e. The van der Waals surface area contributed by atoms with Crippen LogP contribution in [0.2, 0.25) is 0 Å². The molecule has 0 aliphatic heterocycles. The molecule has 0 fully saturated rings. The van der Waals surface area contributed by atoms with E-state index in [4.69, 9.17) is 9.47 Å². The van der Waals surface area contributed by atoms with Gasteiger partial charge in [0.05, 0.1) is 18.6 Å². The van der Waals surface area contributed by atoms with Crippen LogP contribution < -0.4 is 10.4 Å². The zero-order chi connectivity index (χ0) is 14.4. The van der Waals surface area contributed by atoms with Crippen LogP contribution in [0.25, 0.3) is 28.5 Å². The molecular formula is C19H18O2. The first-order valence-corrected chi connectivity index (χ1v) is 7.24. The number of benzene rings is 2. The quantitative estimate of drug-likeness (QED) is 0.852. The molecule has 21 heavy (non-hydrogen) atoms. The van der Waals surface area contributed by atoms with Crippen LogP contribution >= 0.6 is 0 Å². The molecule has 4 rings (SSSR count). The van der Waals surface area contributed by atoms with Gasteiger partial charge in [0.1, 0.15) is 0 Å². The summed E-state index contributed by atoms with van der Waals surface area (Å²) < 4.78 is 10.9. The summed E-state index contributed by atoms with van der Waals surface area (Å²) in [5, 5.41) is 5.29. The highest BCUT2D eigenvalue weighted by molar-refractivity contribution is 6.09. The van der Waals surface area contributed by atoms with Crippen LogP contribution in [0.15, 0.2) is 36.4 Å². The van der Waals surface area contributed by atoms with Gasteiger partial charge in [-0.2, -0.15) is 0 Å². The van der Waals surface area contributed by atoms with E-state index < -0.39 is 0 Å². The summed E-state index contributed by atoms with van der Waals surface area (Å²) in [6.45, 7) is 1.26. The second-order valence-corrected chi connectivity index (χ2v) is 5.96. The highest BCUT2D eigenvalue weighted by atomic mass is 16.5. The van der Waals surface area contributed by atoms with Gasteiger partial charge in [0.2, 0.25) is 0 Å². The van der Waals surface area contributed by atoms with E-state index in [1.165, 1.54) is 32.3 Å². The van der Waals surface area contributed by atoms with E-state index in [1.54, 1.807) is 14.2 Å². The van der Waals surface area contributed by atoms with E-state index in [2.05, 4.69) is 48.6 Å². The molecule has 106 valence electrons. The molecule has 0 heterocycles. The number of hydrogen-bond acceptors (Lipinski definition) is 2. The van der Waals surface area contributed by atoms with Crippen molar-refractivity contribution in [3.8, 4) is 0 Å². The Morgan fingerprint density at radius 1 is 0.905 bits per heavy atom. The maximum absolute atomic E-state index is 5.45. The van der Waals surface area contributed by atoms with E-state index in [0.29, 0.717) is 13.2 Å². The third kappa shape index (κ3) is 1.80. The van der Waals surface area contributed by atoms with Gasteiger partial charge in [-0.15, -0.1) is 0 Å².